The smallest absolute Gasteiger partial charge is 0.416 e. The van der Waals surface area contributed by atoms with Crippen LogP contribution < -0.4 is 4.90 Å². The molecule has 6 nitrogen and oxygen atoms in total. The normalized spacial score (nSPS) is 11.2. The van der Waals surface area contributed by atoms with Crippen molar-refractivity contribution >= 4 is 34.0 Å². The minimum atomic E-state index is -4.54. The molecule has 0 bridgehead atoms. The van der Waals surface area contributed by atoms with Gasteiger partial charge >= 0.3 is 12.1 Å². The van der Waals surface area contributed by atoms with Crippen LogP contribution in [0.1, 0.15) is 34.2 Å². The number of nitrogens with zero attached hydrogens (tertiary/aromatic N) is 3. The number of rotatable bonds is 5. The number of amides is 1. The molecule has 1 amide bonds. The standard InChI is InChI=1S/C20H16F3N3O3S/c1-12-6-7-14(9-24-12)18(28)29-10-16-11-30-19(25-16)26(13(2)27)17-5-3-4-15(8-17)20(21,22)23/h3-9,11H,10H2,1-2H3. The molecule has 0 atom stereocenters. The van der Waals surface area contributed by atoms with Crippen molar-refractivity contribution < 1.29 is 27.5 Å². The first-order valence-electron chi connectivity index (χ1n) is 8.67. The molecule has 3 rings (SSSR count). The molecule has 0 radical (unpaired) electrons. The summed E-state index contributed by atoms with van der Waals surface area (Å²) < 4.78 is 44.2. The minimum Gasteiger partial charge on any atom is -0.456 e. The molecule has 0 aliphatic heterocycles. The maximum Gasteiger partial charge on any atom is 0.416 e. The molecule has 2 heterocycles. The van der Waals surface area contributed by atoms with Crippen molar-refractivity contribution in [2.24, 2.45) is 0 Å². The Morgan fingerprint density at radius 2 is 1.97 bits per heavy atom. The van der Waals surface area contributed by atoms with E-state index in [1.165, 1.54) is 25.3 Å². The summed E-state index contributed by atoms with van der Waals surface area (Å²) in [6.07, 6.45) is -3.14. The summed E-state index contributed by atoms with van der Waals surface area (Å²) >= 11 is 1.05. The molecule has 2 aromatic heterocycles. The number of thiazole rings is 1. The van der Waals surface area contributed by atoms with Gasteiger partial charge in [-0.05, 0) is 37.3 Å². The molecule has 0 fully saturated rings. The van der Waals surface area contributed by atoms with E-state index in [9.17, 15) is 22.8 Å². The van der Waals surface area contributed by atoms with E-state index in [0.717, 1.165) is 34.1 Å². The number of aryl methyl sites for hydroxylation is 1. The number of pyridine rings is 1. The highest BCUT2D eigenvalue weighted by molar-refractivity contribution is 7.14. The first-order chi connectivity index (χ1) is 14.1. The number of anilines is 2. The number of esters is 1. The van der Waals surface area contributed by atoms with Crippen LogP contribution in [0.4, 0.5) is 24.0 Å². The molecule has 0 saturated carbocycles. The molecular formula is C20H16F3N3O3S. The first kappa shape index (κ1) is 21.4. The van der Waals surface area contributed by atoms with E-state index < -0.39 is 23.6 Å². The van der Waals surface area contributed by atoms with Gasteiger partial charge < -0.3 is 4.74 Å². The lowest BCUT2D eigenvalue weighted by Crippen LogP contribution is -2.23. The molecular weight excluding hydrogens is 419 g/mol. The Hall–Kier alpha value is -3.27. The number of carbonyl (C=O) groups excluding carboxylic acids is 2. The summed E-state index contributed by atoms with van der Waals surface area (Å²) in [6, 6.07) is 7.68. The fourth-order valence-electron chi connectivity index (χ4n) is 2.52. The first-order valence-corrected chi connectivity index (χ1v) is 9.55. The summed E-state index contributed by atoms with van der Waals surface area (Å²) in [5.74, 6) is -1.09. The van der Waals surface area contributed by atoms with Gasteiger partial charge in [0, 0.05) is 24.2 Å². The van der Waals surface area contributed by atoms with Crippen LogP contribution in [0.25, 0.3) is 0 Å². The predicted octanol–water partition coefficient (Wildman–Crippen LogP) is 4.91. The third kappa shape index (κ3) is 5.01. The van der Waals surface area contributed by atoms with Gasteiger partial charge in [0.15, 0.2) is 5.13 Å². The molecule has 1 aromatic carbocycles. The quantitative estimate of drug-likeness (QED) is 0.533. The van der Waals surface area contributed by atoms with Gasteiger partial charge in [0.2, 0.25) is 5.91 Å². The molecule has 0 spiro atoms. The number of aromatic nitrogens is 2. The average molecular weight is 435 g/mol. The molecule has 0 aliphatic carbocycles. The Morgan fingerprint density at radius 3 is 2.60 bits per heavy atom. The number of hydrogen-bond acceptors (Lipinski definition) is 6. The van der Waals surface area contributed by atoms with Crippen LogP contribution in [0.5, 0.6) is 0 Å². The van der Waals surface area contributed by atoms with Gasteiger partial charge in [-0.2, -0.15) is 13.2 Å². The van der Waals surface area contributed by atoms with E-state index in [1.807, 2.05) is 0 Å². The number of carbonyl (C=O) groups is 2. The van der Waals surface area contributed by atoms with Crippen molar-refractivity contribution in [3.05, 3.63) is 70.5 Å². The highest BCUT2D eigenvalue weighted by Crippen LogP contribution is 2.35. The molecule has 10 heteroatoms. The molecule has 0 aliphatic rings. The zero-order chi connectivity index (χ0) is 21.9. The lowest BCUT2D eigenvalue weighted by atomic mass is 10.2. The molecule has 156 valence electrons. The zero-order valence-corrected chi connectivity index (χ0v) is 16.8. The van der Waals surface area contributed by atoms with Crippen LogP contribution >= 0.6 is 11.3 Å². The fraction of sp³-hybridized carbons (Fsp3) is 0.200. The van der Waals surface area contributed by atoms with E-state index in [4.69, 9.17) is 4.74 Å². The lowest BCUT2D eigenvalue weighted by Gasteiger charge is -2.19. The van der Waals surface area contributed by atoms with E-state index in [-0.39, 0.29) is 23.0 Å². The summed E-state index contributed by atoms with van der Waals surface area (Å²) in [5, 5.41) is 1.74. The largest absolute Gasteiger partial charge is 0.456 e. The second-order valence-corrected chi connectivity index (χ2v) is 7.12. The Balaban J connectivity index is 1.76. The fourth-order valence-corrected chi connectivity index (χ4v) is 3.40. The monoisotopic (exact) mass is 435 g/mol. The summed E-state index contributed by atoms with van der Waals surface area (Å²) in [6.45, 7) is 2.86. The summed E-state index contributed by atoms with van der Waals surface area (Å²) in [5.41, 5.74) is 0.575. The summed E-state index contributed by atoms with van der Waals surface area (Å²) in [4.78, 5) is 33.5. The Morgan fingerprint density at radius 1 is 1.20 bits per heavy atom. The number of ether oxygens (including phenoxy) is 1. The van der Waals surface area contributed by atoms with Crippen molar-refractivity contribution in [3.63, 3.8) is 0 Å². The Bertz CT molecular complexity index is 1060. The predicted molar refractivity (Wildman–Crippen MR) is 104 cm³/mol. The second kappa shape index (κ2) is 8.62. The average Bonchev–Trinajstić information content (AvgIpc) is 3.14. The van der Waals surface area contributed by atoms with E-state index >= 15 is 0 Å². The third-order valence-electron chi connectivity index (χ3n) is 3.98. The molecule has 3 aromatic rings. The van der Waals surface area contributed by atoms with Crippen molar-refractivity contribution in [2.75, 3.05) is 4.90 Å². The van der Waals surface area contributed by atoms with Gasteiger partial charge in [-0.25, -0.2) is 9.78 Å². The number of halogens is 3. The highest BCUT2D eigenvalue weighted by atomic mass is 32.1. The zero-order valence-electron chi connectivity index (χ0n) is 15.9. The Kier molecular flexibility index (Phi) is 6.16. The maximum atomic E-state index is 13.0. The number of benzene rings is 1. The van der Waals surface area contributed by atoms with Crippen molar-refractivity contribution in [1.82, 2.24) is 9.97 Å². The summed E-state index contributed by atoms with van der Waals surface area (Å²) in [7, 11) is 0. The van der Waals surface area contributed by atoms with Crippen LogP contribution in [-0.2, 0) is 22.3 Å². The van der Waals surface area contributed by atoms with Crippen LogP contribution in [-0.4, -0.2) is 21.8 Å². The highest BCUT2D eigenvalue weighted by Gasteiger charge is 2.31. The van der Waals surface area contributed by atoms with Crippen LogP contribution in [0, 0.1) is 6.92 Å². The molecule has 0 N–H and O–H groups in total. The number of alkyl halides is 3. The van der Waals surface area contributed by atoms with Gasteiger partial charge in [-0.1, -0.05) is 6.07 Å². The van der Waals surface area contributed by atoms with Gasteiger partial charge in [0.25, 0.3) is 0 Å². The molecule has 30 heavy (non-hydrogen) atoms. The van der Waals surface area contributed by atoms with E-state index in [1.54, 1.807) is 24.4 Å². The van der Waals surface area contributed by atoms with Gasteiger partial charge in [-0.3, -0.25) is 14.7 Å². The van der Waals surface area contributed by atoms with Gasteiger partial charge in [0.1, 0.15) is 6.61 Å². The Labute approximate surface area is 174 Å². The van der Waals surface area contributed by atoms with Crippen molar-refractivity contribution in [1.29, 1.82) is 0 Å². The van der Waals surface area contributed by atoms with E-state index in [0.29, 0.717) is 5.69 Å². The van der Waals surface area contributed by atoms with Crippen LogP contribution in [0.15, 0.2) is 48.0 Å². The van der Waals surface area contributed by atoms with Crippen molar-refractivity contribution in [2.45, 2.75) is 26.6 Å². The van der Waals surface area contributed by atoms with Gasteiger partial charge in [-0.15, -0.1) is 11.3 Å². The minimum absolute atomic E-state index is 0.0425. The topological polar surface area (TPSA) is 72.4 Å². The molecule has 0 saturated heterocycles. The maximum absolute atomic E-state index is 13.0. The third-order valence-corrected chi connectivity index (χ3v) is 4.85. The van der Waals surface area contributed by atoms with E-state index in [2.05, 4.69) is 9.97 Å². The van der Waals surface area contributed by atoms with Gasteiger partial charge in [0.05, 0.1) is 22.5 Å². The van der Waals surface area contributed by atoms with Crippen LogP contribution in [0.2, 0.25) is 0 Å². The number of hydrogen-bond donors (Lipinski definition) is 0. The lowest BCUT2D eigenvalue weighted by molar-refractivity contribution is -0.137. The van der Waals surface area contributed by atoms with Crippen molar-refractivity contribution in [3.8, 4) is 0 Å². The SMILES string of the molecule is CC(=O)N(c1cccc(C(F)(F)F)c1)c1nc(COC(=O)c2ccc(C)nc2)cs1. The van der Waals surface area contributed by atoms with Crippen LogP contribution in [0.3, 0.4) is 0 Å². The second-order valence-electron chi connectivity index (χ2n) is 6.29. The molecule has 0 unspecified atom stereocenters.